The molecule has 5 nitrogen and oxygen atoms in total. The number of anilines is 1. The van der Waals surface area contributed by atoms with Crippen molar-refractivity contribution in [1.29, 1.82) is 0 Å². The minimum atomic E-state index is 0.744. The first-order valence-corrected chi connectivity index (χ1v) is 9.06. The highest BCUT2D eigenvalue weighted by Gasteiger charge is 2.25. The van der Waals surface area contributed by atoms with Crippen LogP contribution in [0.5, 0.6) is 0 Å². The lowest BCUT2D eigenvalue weighted by molar-refractivity contribution is 0.122. The van der Waals surface area contributed by atoms with Gasteiger partial charge in [-0.25, -0.2) is 9.50 Å². The van der Waals surface area contributed by atoms with Gasteiger partial charge in [0.1, 0.15) is 6.33 Å². The topological polar surface area (TPSA) is 42.7 Å². The second-order valence-corrected chi connectivity index (χ2v) is 7.08. The third-order valence-corrected chi connectivity index (χ3v) is 5.34. The Morgan fingerprint density at radius 2 is 1.96 bits per heavy atom. The van der Waals surface area contributed by atoms with E-state index in [-0.39, 0.29) is 0 Å². The summed E-state index contributed by atoms with van der Waals surface area (Å²) in [6, 6.07) is 8.95. The average molecular weight is 334 g/mol. The van der Waals surface area contributed by atoms with E-state index in [1.54, 1.807) is 6.33 Å². The van der Waals surface area contributed by atoms with Gasteiger partial charge in [0.05, 0.1) is 36.3 Å². The number of nitrogens with zero attached hydrogens (tertiary/aromatic N) is 4. The maximum absolute atomic E-state index is 5.46. The molecule has 2 aliphatic rings. The van der Waals surface area contributed by atoms with Gasteiger partial charge in [-0.1, -0.05) is 12.1 Å². The third-order valence-electron chi connectivity index (χ3n) is 5.34. The van der Waals surface area contributed by atoms with E-state index in [1.165, 1.54) is 35.2 Å². The fourth-order valence-electron chi connectivity index (χ4n) is 3.75. The SMILES string of the molecule is Cc1ccc(-c2ncnn3cc(N4CCOCC4)cc23)cc1C1CC1. The smallest absolute Gasteiger partial charge is 0.137 e. The Morgan fingerprint density at radius 1 is 1.12 bits per heavy atom. The van der Waals surface area contributed by atoms with Crippen molar-refractivity contribution in [2.24, 2.45) is 0 Å². The predicted molar refractivity (Wildman–Crippen MR) is 98.2 cm³/mol. The van der Waals surface area contributed by atoms with Gasteiger partial charge in [-0.05, 0) is 48.9 Å². The lowest BCUT2D eigenvalue weighted by Crippen LogP contribution is -2.35. The van der Waals surface area contributed by atoms with Crippen LogP contribution >= 0.6 is 0 Å². The van der Waals surface area contributed by atoms with E-state index >= 15 is 0 Å². The largest absolute Gasteiger partial charge is 0.378 e. The van der Waals surface area contributed by atoms with Gasteiger partial charge in [0, 0.05) is 18.7 Å². The summed E-state index contributed by atoms with van der Waals surface area (Å²) in [7, 11) is 0. The Bertz CT molecular complexity index is 923. The van der Waals surface area contributed by atoms with Crippen LogP contribution < -0.4 is 4.90 Å². The molecule has 25 heavy (non-hydrogen) atoms. The summed E-state index contributed by atoms with van der Waals surface area (Å²) in [6.45, 7) is 5.63. The van der Waals surface area contributed by atoms with E-state index in [0.29, 0.717) is 0 Å². The van der Waals surface area contributed by atoms with Crippen molar-refractivity contribution < 1.29 is 4.74 Å². The molecule has 0 spiro atoms. The number of hydrogen-bond acceptors (Lipinski definition) is 4. The molecule has 0 radical (unpaired) electrons. The Balaban J connectivity index is 1.59. The minimum Gasteiger partial charge on any atom is -0.378 e. The van der Waals surface area contributed by atoms with E-state index < -0.39 is 0 Å². The van der Waals surface area contributed by atoms with Crippen LogP contribution in [0.1, 0.15) is 29.9 Å². The molecule has 0 unspecified atom stereocenters. The standard InChI is InChI=1S/C20H22N4O/c1-14-2-3-16(10-18(14)15-4-5-15)20-19-11-17(12-24(19)22-13-21-20)23-6-8-25-9-7-23/h2-3,10-13,15H,4-9H2,1H3. The second-order valence-electron chi connectivity index (χ2n) is 7.08. The highest BCUT2D eigenvalue weighted by Crippen LogP contribution is 2.43. The zero-order valence-corrected chi connectivity index (χ0v) is 14.5. The van der Waals surface area contributed by atoms with Crippen LogP contribution in [0, 0.1) is 6.92 Å². The first-order valence-electron chi connectivity index (χ1n) is 9.06. The van der Waals surface area contributed by atoms with Crippen molar-refractivity contribution in [1.82, 2.24) is 14.6 Å². The van der Waals surface area contributed by atoms with Crippen molar-refractivity contribution in [2.45, 2.75) is 25.7 Å². The molecule has 1 aliphatic carbocycles. The molecular formula is C20H22N4O. The Morgan fingerprint density at radius 3 is 2.76 bits per heavy atom. The van der Waals surface area contributed by atoms with Gasteiger partial charge >= 0.3 is 0 Å². The number of aromatic nitrogens is 3. The predicted octanol–water partition coefficient (Wildman–Crippen LogP) is 3.42. The number of aryl methyl sites for hydroxylation is 1. The van der Waals surface area contributed by atoms with Crippen molar-refractivity contribution in [3.05, 3.63) is 47.9 Å². The molecule has 1 aliphatic heterocycles. The fourth-order valence-corrected chi connectivity index (χ4v) is 3.75. The molecule has 1 saturated heterocycles. The molecule has 5 heteroatoms. The zero-order valence-electron chi connectivity index (χ0n) is 14.5. The summed E-state index contributed by atoms with van der Waals surface area (Å²) in [5.74, 6) is 0.744. The second kappa shape index (κ2) is 5.85. The maximum atomic E-state index is 5.46. The first-order chi connectivity index (χ1) is 12.3. The van der Waals surface area contributed by atoms with Gasteiger partial charge in [-0.15, -0.1) is 0 Å². The Hall–Kier alpha value is -2.40. The molecule has 0 bridgehead atoms. The summed E-state index contributed by atoms with van der Waals surface area (Å²) in [5.41, 5.74) is 7.33. The number of ether oxygens (including phenoxy) is 1. The quantitative estimate of drug-likeness (QED) is 0.736. The molecule has 128 valence electrons. The van der Waals surface area contributed by atoms with Crippen molar-refractivity contribution in [3.63, 3.8) is 0 Å². The summed E-state index contributed by atoms with van der Waals surface area (Å²) in [6.07, 6.45) is 6.38. The van der Waals surface area contributed by atoms with Gasteiger partial charge in [-0.2, -0.15) is 5.10 Å². The zero-order chi connectivity index (χ0) is 16.8. The molecule has 0 N–H and O–H groups in total. The molecule has 2 fully saturated rings. The van der Waals surface area contributed by atoms with Gasteiger partial charge in [0.25, 0.3) is 0 Å². The van der Waals surface area contributed by atoms with Crippen molar-refractivity contribution >= 4 is 11.2 Å². The lowest BCUT2D eigenvalue weighted by atomic mass is 9.99. The van der Waals surface area contributed by atoms with Crippen LogP contribution in [-0.4, -0.2) is 40.9 Å². The molecule has 1 aromatic carbocycles. The summed E-state index contributed by atoms with van der Waals surface area (Å²) in [5, 5.41) is 4.42. The first kappa shape index (κ1) is 14.9. The number of hydrogen-bond donors (Lipinski definition) is 0. The molecule has 1 saturated carbocycles. The molecule has 0 amide bonds. The normalized spacial score (nSPS) is 18.0. The lowest BCUT2D eigenvalue weighted by Gasteiger charge is -2.27. The number of fused-ring (bicyclic) bond motifs is 1. The third kappa shape index (κ3) is 2.68. The summed E-state index contributed by atoms with van der Waals surface area (Å²) in [4.78, 5) is 6.96. The van der Waals surface area contributed by atoms with Crippen LogP contribution in [0.3, 0.4) is 0 Å². The van der Waals surface area contributed by atoms with Crippen LogP contribution in [0.25, 0.3) is 16.8 Å². The van der Waals surface area contributed by atoms with Crippen LogP contribution in [0.15, 0.2) is 36.8 Å². The average Bonchev–Trinajstić information content (AvgIpc) is 3.40. The van der Waals surface area contributed by atoms with Gasteiger partial charge in [0.15, 0.2) is 0 Å². The van der Waals surface area contributed by atoms with Crippen LogP contribution in [0.4, 0.5) is 5.69 Å². The van der Waals surface area contributed by atoms with Crippen molar-refractivity contribution in [3.8, 4) is 11.3 Å². The molecule has 0 atom stereocenters. The highest BCUT2D eigenvalue weighted by atomic mass is 16.5. The van der Waals surface area contributed by atoms with Gasteiger partial charge < -0.3 is 9.64 Å². The monoisotopic (exact) mass is 334 g/mol. The minimum absolute atomic E-state index is 0.744. The highest BCUT2D eigenvalue weighted by molar-refractivity contribution is 5.80. The van der Waals surface area contributed by atoms with Crippen LogP contribution in [0.2, 0.25) is 0 Å². The van der Waals surface area contributed by atoms with E-state index in [4.69, 9.17) is 4.74 Å². The fraction of sp³-hybridized carbons (Fsp3) is 0.400. The van der Waals surface area contributed by atoms with Crippen molar-refractivity contribution in [2.75, 3.05) is 31.2 Å². The number of rotatable bonds is 3. The Kier molecular flexibility index (Phi) is 3.48. The van der Waals surface area contributed by atoms with Crippen LogP contribution in [-0.2, 0) is 4.74 Å². The number of morpholine rings is 1. The summed E-state index contributed by atoms with van der Waals surface area (Å²) < 4.78 is 7.41. The van der Waals surface area contributed by atoms with Gasteiger partial charge in [-0.3, -0.25) is 0 Å². The maximum Gasteiger partial charge on any atom is 0.137 e. The van der Waals surface area contributed by atoms with E-state index in [9.17, 15) is 0 Å². The Labute approximate surface area is 147 Å². The van der Waals surface area contributed by atoms with E-state index in [1.807, 2.05) is 4.52 Å². The molecule has 3 heterocycles. The molecule has 3 aromatic rings. The number of benzene rings is 1. The molecule has 2 aromatic heterocycles. The van der Waals surface area contributed by atoms with E-state index in [0.717, 1.165) is 43.4 Å². The molecular weight excluding hydrogens is 312 g/mol. The van der Waals surface area contributed by atoms with Gasteiger partial charge in [0.2, 0.25) is 0 Å². The molecule has 5 rings (SSSR count). The van der Waals surface area contributed by atoms with E-state index in [2.05, 4.69) is 52.4 Å². The summed E-state index contributed by atoms with van der Waals surface area (Å²) >= 11 is 0.